The Kier molecular flexibility index (Phi) is 5.71. The Balaban J connectivity index is 1.98. The van der Waals surface area contributed by atoms with E-state index in [0.29, 0.717) is 10.2 Å². The minimum atomic E-state index is -0.829. The summed E-state index contributed by atoms with van der Waals surface area (Å²) in [6.45, 7) is 1.65. The van der Waals surface area contributed by atoms with Gasteiger partial charge in [0.1, 0.15) is 5.82 Å². The zero-order valence-corrected chi connectivity index (χ0v) is 16.9. The highest BCUT2D eigenvalue weighted by molar-refractivity contribution is 9.10. The second-order valence-corrected chi connectivity index (χ2v) is 7.32. The lowest BCUT2D eigenvalue weighted by Gasteiger charge is -2.30. The number of carbonyl (C=O) groups excluding carboxylic acids is 1. The first-order chi connectivity index (χ1) is 13.3. The molecule has 1 atom stereocenters. The molecule has 0 spiro atoms. The van der Waals surface area contributed by atoms with Crippen molar-refractivity contribution in [1.29, 1.82) is 0 Å². The van der Waals surface area contributed by atoms with E-state index in [2.05, 4.69) is 31.9 Å². The lowest BCUT2D eigenvalue weighted by molar-refractivity contribution is -0.384. The van der Waals surface area contributed by atoms with Crippen molar-refractivity contribution in [2.24, 2.45) is 0 Å². The Hall–Kier alpha value is -2.85. The van der Waals surface area contributed by atoms with Gasteiger partial charge in [-0.25, -0.2) is 4.39 Å². The number of hydrogen-bond acceptors (Lipinski definition) is 4. The van der Waals surface area contributed by atoms with Gasteiger partial charge in [-0.3, -0.25) is 14.9 Å². The van der Waals surface area contributed by atoms with E-state index >= 15 is 0 Å². The summed E-state index contributed by atoms with van der Waals surface area (Å²) in [6, 6.07) is 9.14. The summed E-state index contributed by atoms with van der Waals surface area (Å²) in [5, 5.41) is 19.6. The molecule has 0 radical (unpaired) electrons. The molecule has 0 aromatic heterocycles. The van der Waals surface area contributed by atoms with Crippen molar-refractivity contribution in [3.8, 4) is 0 Å². The Morgan fingerprint density at radius 2 is 2.07 bits per heavy atom. The first-order valence-corrected chi connectivity index (χ1v) is 9.25. The van der Waals surface area contributed by atoms with Crippen LogP contribution in [0.3, 0.4) is 0 Å². The average Bonchev–Trinajstić information content (AvgIpc) is 2.63. The number of amides is 1. The number of benzene rings is 2. The third-order valence-corrected chi connectivity index (χ3v) is 4.81. The van der Waals surface area contributed by atoms with Crippen molar-refractivity contribution < 1.29 is 14.1 Å². The Morgan fingerprint density at radius 1 is 1.32 bits per heavy atom. The van der Waals surface area contributed by atoms with Crippen molar-refractivity contribution in [2.75, 3.05) is 5.32 Å². The minimum Gasteiger partial charge on any atom is -0.351 e. The number of nitrogens with one attached hydrogen (secondary N) is 3. The van der Waals surface area contributed by atoms with Crippen LogP contribution in [-0.2, 0) is 4.79 Å². The van der Waals surface area contributed by atoms with Crippen molar-refractivity contribution in [3.05, 3.63) is 79.7 Å². The van der Waals surface area contributed by atoms with Crippen LogP contribution in [0, 0.1) is 15.9 Å². The molecule has 0 fully saturated rings. The van der Waals surface area contributed by atoms with Crippen molar-refractivity contribution in [1.82, 2.24) is 10.6 Å². The predicted molar refractivity (Wildman–Crippen MR) is 110 cm³/mol. The van der Waals surface area contributed by atoms with E-state index in [1.54, 1.807) is 19.1 Å². The first-order valence-electron chi connectivity index (χ1n) is 8.05. The van der Waals surface area contributed by atoms with Crippen LogP contribution >= 0.6 is 28.1 Å². The summed E-state index contributed by atoms with van der Waals surface area (Å²) in [6.07, 6.45) is 0. The molecule has 1 heterocycles. The van der Waals surface area contributed by atoms with Gasteiger partial charge in [-0.15, -0.1) is 0 Å². The van der Waals surface area contributed by atoms with E-state index in [1.807, 2.05) is 0 Å². The van der Waals surface area contributed by atoms with Crippen LogP contribution < -0.4 is 16.0 Å². The number of allylic oxidation sites excluding steroid dienone is 1. The second-order valence-electron chi connectivity index (χ2n) is 6.00. The molecular formula is C18H14BrFN4O3S. The lowest BCUT2D eigenvalue weighted by Crippen LogP contribution is -2.46. The molecule has 7 nitrogen and oxygen atoms in total. The standard InChI is InChI=1S/C18H14BrFN4O3S/c1-9-15(17(25)22-11-3-2-4-12(8-11)24(26)27)16(23-18(28)21-9)13-7-10(19)5-6-14(13)20/h2-8,16H,1H3,(H,22,25)(H2,21,23,28). The monoisotopic (exact) mass is 464 g/mol. The molecule has 0 bridgehead atoms. The van der Waals surface area contributed by atoms with Crippen LogP contribution in [0.2, 0.25) is 0 Å². The third-order valence-electron chi connectivity index (χ3n) is 4.10. The number of carbonyl (C=O) groups is 1. The van der Waals surface area contributed by atoms with Gasteiger partial charge in [0, 0.05) is 33.6 Å². The molecule has 28 heavy (non-hydrogen) atoms. The smallest absolute Gasteiger partial charge is 0.271 e. The van der Waals surface area contributed by atoms with E-state index in [0.717, 1.165) is 0 Å². The van der Waals surface area contributed by atoms with Gasteiger partial charge in [0.15, 0.2) is 5.11 Å². The summed E-state index contributed by atoms with van der Waals surface area (Å²) >= 11 is 8.46. The Labute approximate surface area is 173 Å². The van der Waals surface area contributed by atoms with Crippen molar-refractivity contribution in [3.63, 3.8) is 0 Å². The molecule has 1 unspecified atom stereocenters. The normalized spacial score (nSPS) is 16.2. The topological polar surface area (TPSA) is 96.3 Å². The fourth-order valence-electron chi connectivity index (χ4n) is 2.86. The number of rotatable bonds is 4. The Bertz CT molecular complexity index is 1030. The molecule has 3 rings (SSSR count). The number of hydrogen-bond donors (Lipinski definition) is 3. The SMILES string of the molecule is CC1=C(C(=O)Nc2cccc([N+](=O)[O-])c2)C(c2cc(Br)ccc2F)NC(=S)N1. The molecule has 10 heteroatoms. The molecule has 0 saturated heterocycles. The minimum absolute atomic E-state index is 0.154. The molecule has 1 amide bonds. The summed E-state index contributed by atoms with van der Waals surface area (Å²) in [4.78, 5) is 23.3. The molecule has 2 aromatic rings. The predicted octanol–water partition coefficient (Wildman–Crippen LogP) is 3.93. The maximum absolute atomic E-state index is 14.5. The molecule has 1 aliphatic heterocycles. The van der Waals surface area contributed by atoms with E-state index in [-0.39, 0.29) is 27.6 Å². The summed E-state index contributed by atoms with van der Waals surface area (Å²) in [7, 11) is 0. The first kappa shape index (κ1) is 19.9. The third kappa shape index (κ3) is 4.18. The van der Waals surface area contributed by atoms with Crippen molar-refractivity contribution in [2.45, 2.75) is 13.0 Å². The molecule has 2 aromatic carbocycles. The summed E-state index contributed by atoms with van der Waals surface area (Å²) < 4.78 is 15.1. The maximum Gasteiger partial charge on any atom is 0.271 e. The van der Waals surface area contributed by atoms with E-state index < -0.39 is 22.7 Å². The summed E-state index contributed by atoms with van der Waals surface area (Å²) in [5.41, 5.74) is 1.01. The van der Waals surface area contributed by atoms with Gasteiger partial charge >= 0.3 is 0 Å². The van der Waals surface area contributed by atoms with E-state index in [4.69, 9.17) is 12.2 Å². The lowest BCUT2D eigenvalue weighted by atomic mass is 9.94. The Morgan fingerprint density at radius 3 is 2.79 bits per heavy atom. The van der Waals surface area contributed by atoms with Crippen molar-refractivity contribution >= 4 is 50.5 Å². The van der Waals surface area contributed by atoms with E-state index in [1.165, 1.54) is 30.3 Å². The highest BCUT2D eigenvalue weighted by Crippen LogP contribution is 2.31. The molecule has 3 N–H and O–H groups in total. The number of non-ortho nitro benzene ring substituents is 1. The van der Waals surface area contributed by atoms with Crippen LogP contribution in [-0.4, -0.2) is 15.9 Å². The number of nitrogens with zero attached hydrogens (tertiary/aromatic N) is 1. The highest BCUT2D eigenvalue weighted by atomic mass is 79.9. The number of nitro groups is 1. The fraction of sp³-hybridized carbons (Fsp3) is 0.111. The average molecular weight is 465 g/mol. The molecule has 1 aliphatic rings. The number of thiocarbonyl (C=S) groups is 1. The maximum atomic E-state index is 14.5. The van der Waals surface area contributed by atoms with Gasteiger partial charge in [0.25, 0.3) is 11.6 Å². The van der Waals surface area contributed by atoms with Crippen LogP contribution in [0.25, 0.3) is 0 Å². The highest BCUT2D eigenvalue weighted by Gasteiger charge is 2.32. The van der Waals surface area contributed by atoms with E-state index in [9.17, 15) is 19.3 Å². The van der Waals surface area contributed by atoms with Crippen LogP contribution in [0.1, 0.15) is 18.5 Å². The van der Waals surface area contributed by atoms with Gasteiger partial charge in [0.2, 0.25) is 0 Å². The zero-order valence-electron chi connectivity index (χ0n) is 14.5. The largest absolute Gasteiger partial charge is 0.351 e. The fourth-order valence-corrected chi connectivity index (χ4v) is 3.51. The van der Waals surface area contributed by atoms with Gasteiger partial charge in [-0.05, 0) is 43.4 Å². The molecule has 0 saturated carbocycles. The second kappa shape index (κ2) is 8.03. The molecule has 144 valence electrons. The summed E-state index contributed by atoms with van der Waals surface area (Å²) in [5.74, 6) is -1.04. The number of anilines is 1. The van der Waals surface area contributed by atoms with Gasteiger partial charge in [-0.2, -0.15) is 0 Å². The van der Waals surface area contributed by atoms with Crippen LogP contribution in [0.5, 0.6) is 0 Å². The number of halogens is 2. The molecule has 0 aliphatic carbocycles. The zero-order chi connectivity index (χ0) is 20.4. The van der Waals surface area contributed by atoms with Crippen LogP contribution in [0.4, 0.5) is 15.8 Å². The quantitative estimate of drug-likeness (QED) is 0.360. The van der Waals surface area contributed by atoms with Gasteiger partial charge in [0.05, 0.1) is 16.5 Å². The van der Waals surface area contributed by atoms with Crippen LogP contribution in [0.15, 0.2) is 58.2 Å². The molecular weight excluding hydrogens is 451 g/mol. The number of nitro benzene ring substituents is 1. The van der Waals surface area contributed by atoms with Gasteiger partial charge < -0.3 is 16.0 Å². The van der Waals surface area contributed by atoms with Gasteiger partial charge in [-0.1, -0.05) is 22.0 Å².